The van der Waals surface area contributed by atoms with Crippen molar-refractivity contribution in [3.05, 3.63) is 41.5 Å². The fourth-order valence-electron chi connectivity index (χ4n) is 2.24. The maximum absolute atomic E-state index is 11.6. The standard InChI is InChI=1S/C15H15NO2/c1-2-6-12-9-14(17)18-15(13(12)10-16)11-7-4-3-5-8-11/h3-5,7-8,12H,2,6,9H2,1H3/t12-/m1/s1. The Labute approximate surface area is 107 Å². The highest BCUT2D eigenvalue weighted by atomic mass is 16.5. The highest BCUT2D eigenvalue weighted by Gasteiger charge is 2.29. The van der Waals surface area contributed by atoms with E-state index in [0.717, 1.165) is 18.4 Å². The first-order valence-electron chi connectivity index (χ1n) is 6.16. The van der Waals surface area contributed by atoms with Crippen molar-refractivity contribution in [3.63, 3.8) is 0 Å². The largest absolute Gasteiger partial charge is 0.425 e. The zero-order valence-electron chi connectivity index (χ0n) is 10.3. The van der Waals surface area contributed by atoms with E-state index in [1.165, 1.54) is 0 Å². The highest BCUT2D eigenvalue weighted by Crippen LogP contribution is 2.34. The van der Waals surface area contributed by atoms with E-state index in [0.29, 0.717) is 17.8 Å². The predicted octanol–water partition coefficient (Wildman–Crippen LogP) is 3.28. The lowest BCUT2D eigenvalue weighted by Gasteiger charge is -2.23. The lowest BCUT2D eigenvalue weighted by atomic mass is 9.88. The van der Waals surface area contributed by atoms with Gasteiger partial charge in [-0.25, -0.2) is 0 Å². The number of allylic oxidation sites excluding steroid dienone is 1. The maximum atomic E-state index is 11.6. The molecule has 0 N–H and O–H groups in total. The molecule has 0 saturated heterocycles. The molecule has 1 aliphatic rings. The molecule has 0 radical (unpaired) electrons. The van der Waals surface area contributed by atoms with Crippen LogP contribution < -0.4 is 0 Å². The molecule has 1 aliphatic heterocycles. The molecule has 1 aromatic rings. The predicted molar refractivity (Wildman–Crippen MR) is 68.1 cm³/mol. The Kier molecular flexibility index (Phi) is 3.78. The monoisotopic (exact) mass is 241 g/mol. The van der Waals surface area contributed by atoms with Crippen LogP contribution >= 0.6 is 0 Å². The number of nitriles is 1. The molecule has 3 heteroatoms. The van der Waals surface area contributed by atoms with Gasteiger partial charge in [0.2, 0.25) is 0 Å². The van der Waals surface area contributed by atoms with Crippen LogP contribution in [0.4, 0.5) is 0 Å². The summed E-state index contributed by atoms with van der Waals surface area (Å²) in [6.45, 7) is 2.05. The second-order valence-corrected chi connectivity index (χ2v) is 4.38. The first-order valence-corrected chi connectivity index (χ1v) is 6.16. The van der Waals surface area contributed by atoms with Crippen LogP contribution in [-0.4, -0.2) is 5.97 Å². The molecule has 0 aromatic heterocycles. The zero-order valence-corrected chi connectivity index (χ0v) is 10.3. The number of ether oxygens (including phenoxy) is 1. The summed E-state index contributed by atoms with van der Waals surface area (Å²) >= 11 is 0. The van der Waals surface area contributed by atoms with Crippen molar-refractivity contribution < 1.29 is 9.53 Å². The summed E-state index contributed by atoms with van der Waals surface area (Å²) in [5, 5.41) is 9.31. The third-order valence-corrected chi connectivity index (χ3v) is 3.08. The number of esters is 1. The van der Waals surface area contributed by atoms with Gasteiger partial charge in [-0.15, -0.1) is 0 Å². The second-order valence-electron chi connectivity index (χ2n) is 4.38. The van der Waals surface area contributed by atoms with Crippen LogP contribution in [0.5, 0.6) is 0 Å². The summed E-state index contributed by atoms with van der Waals surface area (Å²) in [5.41, 5.74) is 1.39. The van der Waals surface area contributed by atoms with E-state index in [4.69, 9.17) is 4.74 Å². The maximum Gasteiger partial charge on any atom is 0.311 e. The Morgan fingerprint density at radius 2 is 2.11 bits per heavy atom. The van der Waals surface area contributed by atoms with Crippen molar-refractivity contribution in [3.8, 4) is 6.07 Å². The molecule has 3 nitrogen and oxygen atoms in total. The number of benzene rings is 1. The molecule has 0 unspecified atom stereocenters. The van der Waals surface area contributed by atoms with Crippen molar-refractivity contribution in [2.45, 2.75) is 26.2 Å². The minimum atomic E-state index is -0.244. The van der Waals surface area contributed by atoms with Crippen LogP contribution in [0.15, 0.2) is 35.9 Å². The van der Waals surface area contributed by atoms with E-state index in [9.17, 15) is 10.1 Å². The Balaban J connectivity index is 2.46. The van der Waals surface area contributed by atoms with Crippen molar-refractivity contribution in [1.29, 1.82) is 5.26 Å². The summed E-state index contributed by atoms with van der Waals surface area (Å²) in [6.07, 6.45) is 2.10. The lowest BCUT2D eigenvalue weighted by molar-refractivity contribution is -0.138. The van der Waals surface area contributed by atoms with Gasteiger partial charge in [0.15, 0.2) is 5.76 Å². The Bertz CT molecular complexity index is 511. The molecule has 92 valence electrons. The normalized spacial score (nSPS) is 19.3. The fraction of sp³-hybridized carbons (Fsp3) is 0.333. The highest BCUT2D eigenvalue weighted by molar-refractivity contribution is 5.84. The number of nitrogens with zero attached hydrogens (tertiary/aromatic N) is 1. The number of carbonyl (C=O) groups excluding carboxylic acids is 1. The quantitative estimate of drug-likeness (QED) is 0.763. The van der Waals surface area contributed by atoms with Crippen LogP contribution in [0.25, 0.3) is 5.76 Å². The number of hydrogen-bond acceptors (Lipinski definition) is 3. The number of carbonyl (C=O) groups is 1. The van der Waals surface area contributed by atoms with E-state index >= 15 is 0 Å². The molecule has 2 rings (SSSR count). The van der Waals surface area contributed by atoms with Gasteiger partial charge in [0, 0.05) is 11.5 Å². The van der Waals surface area contributed by atoms with E-state index in [-0.39, 0.29) is 11.9 Å². The van der Waals surface area contributed by atoms with Gasteiger partial charge in [-0.2, -0.15) is 5.26 Å². The number of hydrogen-bond donors (Lipinski definition) is 0. The van der Waals surface area contributed by atoms with E-state index in [1.807, 2.05) is 30.3 Å². The summed E-state index contributed by atoms with van der Waals surface area (Å²) in [7, 11) is 0. The molecular formula is C15H15NO2. The van der Waals surface area contributed by atoms with Gasteiger partial charge in [-0.05, 0) is 6.42 Å². The van der Waals surface area contributed by atoms with Crippen LogP contribution in [0.3, 0.4) is 0 Å². The molecule has 0 aliphatic carbocycles. The molecule has 1 aromatic carbocycles. The molecule has 0 amide bonds. The first kappa shape index (κ1) is 12.4. The Morgan fingerprint density at radius 1 is 1.39 bits per heavy atom. The van der Waals surface area contributed by atoms with Gasteiger partial charge in [0.05, 0.1) is 18.1 Å². The van der Waals surface area contributed by atoms with Gasteiger partial charge in [-0.3, -0.25) is 4.79 Å². The number of rotatable bonds is 3. The average Bonchev–Trinajstić information content (AvgIpc) is 2.39. The zero-order chi connectivity index (χ0) is 13.0. The minimum Gasteiger partial charge on any atom is -0.425 e. The van der Waals surface area contributed by atoms with Crippen molar-refractivity contribution in [1.82, 2.24) is 0 Å². The second kappa shape index (κ2) is 5.50. The smallest absolute Gasteiger partial charge is 0.311 e. The molecule has 0 fully saturated rings. The minimum absolute atomic E-state index is 0.00328. The SMILES string of the molecule is CCC[C@@H]1CC(=O)OC(c2ccccc2)=C1C#N. The van der Waals surface area contributed by atoms with E-state index in [2.05, 4.69) is 13.0 Å². The summed E-state index contributed by atoms with van der Waals surface area (Å²) in [4.78, 5) is 11.6. The van der Waals surface area contributed by atoms with Crippen LogP contribution in [0, 0.1) is 17.2 Å². The molecule has 1 atom stereocenters. The van der Waals surface area contributed by atoms with Crippen molar-refractivity contribution >= 4 is 11.7 Å². The topological polar surface area (TPSA) is 50.1 Å². The molecule has 0 saturated carbocycles. The molecule has 18 heavy (non-hydrogen) atoms. The average molecular weight is 241 g/mol. The van der Waals surface area contributed by atoms with Gasteiger partial charge in [0.1, 0.15) is 0 Å². The molecule has 0 spiro atoms. The first-order chi connectivity index (χ1) is 8.76. The Hall–Kier alpha value is -2.08. The van der Waals surface area contributed by atoms with E-state index in [1.54, 1.807) is 0 Å². The molecule has 0 bridgehead atoms. The van der Waals surface area contributed by atoms with Gasteiger partial charge >= 0.3 is 5.97 Å². The number of cyclic esters (lactones) is 1. The summed E-state index contributed by atoms with van der Waals surface area (Å²) in [5.74, 6) is 0.190. The fourth-order valence-corrected chi connectivity index (χ4v) is 2.24. The van der Waals surface area contributed by atoms with Gasteiger partial charge < -0.3 is 4.74 Å². The van der Waals surface area contributed by atoms with E-state index < -0.39 is 0 Å². The molecule has 1 heterocycles. The lowest BCUT2D eigenvalue weighted by Crippen LogP contribution is -2.20. The third-order valence-electron chi connectivity index (χ3n) is 3.08. The van der Waals surface area contributed by atoms with Gasteiger partial charge in [-0.1, -0.05) is 43.7 Å². The van der Waals surface area contributed by atoms with Crippen molar-refractivity contribution in [2.75, 3.05) is 0 Å². The van der Waals surface area contributed by atoms with Crippen LogP contribution in [0.2, 0.25) is 0 Å². The summed E-state index contributed by atoms with van der Waals surface area (Å²) < 4.78 is 5.27. The summed E-state index contributed by atoms with van der Waals surface area (Å²) in [6, 6.07) is 11.6. The Morgan fingerprint density at radius 3 is 2.72 bits per heavy atom. The van der Waals surface area contributed by atoms with Crippen LogP contribution in [-0.2, 0) is 9.53 Å². The molecular weight excluding hydrogens is 226 g/mol. The van der Waals surface area contributed by atoms with Crippen molar-refractivity contribution in [2.24, 2.45) is 5.92 Å². The van der Waals surface area contributed by atoms with Gasteiger partial charge in [0.25, 0.3) is 0 Å². The van der Waals surface area contributed by atoms with Crippen LogP contribution in [0.1, 0.15) is 31.7 Å². The third kappa shape index (κ3) is 2.43.